The Balaban J connectivity index is 2.63. The van der Waals surface area contributed by atoms with Gasteiger partial charge in [0.1, 0.15) is 0 Å². The zero-order chi connectivity index (χ0) is 8.10. The van der Waals surface area contributed by atoms with Gasteiger partial charge >= 0.3 is 0 Å². The third-order valence-electron chi connectivity index (χ3n) is 1.26. The summed E-state index contributed by atoms with van der Waals surface area (Å²) in [4.78, 5) is 16.1. The minimum Gasteiger partial charge on any atom is -0.291 e. The summed E-state index contributed by atoms with van der Waals surface area (Å²) in [7, 11) is 0. The van der Waals surface area contributed by atoms with Crippen molar-refractivity contribution in [1.29, 1.82) is 0 Å². The third-order valence-corrected chi connectivity index (χ3v) is 2.07. The van der Waals surface area contributed by atoms with Crippen molar-refractivity contribution in [1.82, 2.24) is 4.98 Å². The molecule has 0 atom stereocenters. The summed E-state index contributed by atoms with van der Waals surface area (Å²) >= 11 is 1.48. The molecule has 0 unspecified atom stereocenters. The second-order valence-electron chi connectivity index (χ2n) is 2.11. The molecule has 0 spiro atoms. The van der Waals surface area contributed by atoms with E-state index in [9.17, 15) is 4.79 Å². The summed E-state index contributed by atoms with van der Waals surface area (Å²) in [5, 5.41) is 2.64. The standard InChI is InChI=1S/C7H10N2OS/c1-2-4-9(6-10)7-8-3-5-11-7/h3,5-6H,2,4H2,1H3. The Kier molecular flexibility index (Phi) is 3.04. The highest BCUT2D eigenvalue weighted by molar-refractivity contribution is 7.13. The average molecular weight is 170 g/mol. The van der Waals surface area contributed by atoms with Crippen molar-refractivity contribution in [3.63, 3.8) is 0 Å². The molecule has 11 heavy (non-hydrogen) atoms. The van der Waals surface area contributed by atoms with Gasteiger partial charge in [0.15, 0.2) is 5.13 Å². The number of carbonyl (C=O) groups excluding carboxylic acids is 1. The molecule has 0 bridgehead atoms. The molecule has 1 aromatic rings. The number of anilines is 1. The van der Waals surface area contributed by atoms with Crippen molar-refractivity contribution in [3.05, 3.63) is 11.6 Å². The van der Waals surface area contributed by atoms with Gasteiger partial charge in [-0.25, -0.2) is 4.98 Å². The highest BCUT2D eigenvalue weighted by Crippen LogP contribution is 2.15. The minimum atomic E-state index is 0.747. The Bertz CT molecular complexity index is 210. The highest BCUT2D eigenvalue weighted by atomic mass is 32.1. The number of hydrogen-bond donors (Lipinski definition) is 0. The molecular weight excluding hydrogens is 160 g/mol. The summed E-state index contributed by atoms with van der Waals surface area (Å²) in [5.74, 6) is 0. The molecule has 1 rings (SSSR count). The van der Waals surface area contributed by atoms with Gasteiger partial charge in [0.2, 0.25) is 6.41 Å². The summed E-state index contributed by atoms with van der Waals surface area (Å²) in [6.45, 7) is 2.78. The minimum absolute atomic E-state index is 0.747. The van der Waals surface area contributed by atoms with Crippen molar-refractivity contribution >= 4 is 22.9 Å². The van der Waals surface area contributed by atoms with Crippen molar-refractivity contribution in [2.45, 2.75) is 13.3 Å². The summed E-state index contributed by atoms with van der Waals surface area (Å²) in [6.07, 6.45) is 3.48. The van der Waals surface area contributed by atoms with Crippen molar-refractivity contribution in [2.75, 3.05) is 11.4 Å². The number of hydrogen-bond acceptors (Lipinski definition) is 3. The van der Waals surface area contributed by atoms with E-state index in [1.165, 1.54) is 11.3 Å². The second-order valence-corrected chi connectivity index (χ2v) is 2.99. The molecule has 4 heteroatoms. The largest absolute Gasteiger partial charge is 0.291 e. The fourth-order valence-corrected chi connectivity index (χ4v) is 1.43. The molecule has 3 nitrogen and oxygen atoms in total. The van der Waals surface area contributed by atoms with Gasteiger partial charge in [0.25, 0.3) is 0 Å². The number of aromatic nitrogens is 1. The van der Waals surface area contributed by atoms with E-state index in [0.717, 1.165) is 24.5 Å². The molecule has 1 amide bonds. The Morgan fingerprint density at radius 1 is 1.82 bits per heavy atom. The molecule has 0 N–H and O–H groups in total. The molecule has 0 aromatic carbocycles. The number of amides is 1. The topological polar surface area (TPSA) is 33.2 Å². The van der Waals surface area contributed by atoms with Gasteiger partial charge in [-0.3, -0.25) is 9.69 Å². The first-order chi connectivity index (χ1) is 5.38. The van der Waals surface area contributed by atoms with E-state index in [4.69, 9.17) is 0 Å². The quantitative estimate of drug-likeness (QED) is 0.642. The van der Waals surface area contributed by atoms with Gasteiger partial charge in [0, 0.05) is 18.1 Å². The van der Waals surface area contributed by atoms with Crippen LogP contribution in [0.5, 0.6) is 0 Å². The molecule has 0 aliphatic rings. The zero-order valence-electron chi connectivity index (χ0n) is 6.36. The number of nitrogens with zero attached hydrogens (tertiary/aromatic N) is 2. The molecule has 0 aliphatic carbocycles. The summed E-state index contributed by atoms with van der Waals surface area (Å²) in [5.41, 5.74) is 0. The van der Waals surface area contributed by atoms with Crippen LogP contribution in [0.1, 0.15) is 13.3 Å². The Labute approximate surface area is 69.7 Å². The molecular formula is C7H10N2OS. The smallest absolute Gasteiger partial charge is 0.215 e. The normalized spacial score (nSPS) is 9.55. The first kappa shape index (κ1) is 8.20. The van der Waals surface area contributed by atoms with Crippen LogP contribution in [0.25, 0.3) is 0 Å². The first-order valence-electron chi connectivity index (χ1n) is 3.50. The lowest BCUT2D eigenvalue weighted by molar-refractivity contribution is -0.107. The summed E-state index contributed by atoms with van der Waals surface area (Å²) < 4.78 is 0. The highest BCUT2D eigenvalue weighted by Gasteiger charge is 2.04. The molecule has 0 fully saturated rings. The third kappa shape index (κ3) is 2.01. The van der Waals surface area contributed by atoms with Crippen molar-refractivity contribution < 1.29 is 4.79 Å². The van der Waals surface area contributed by atoms with Crippen LogP contribution in [0.3, 0.4) is 0 Å². The fourth-order valence-electron chi connectivity index (χ4n) is 0.792. The number of carbonyl (C=O) groups is 1. The first-order valence-corrected chi connectivity index (χ1v) is 4.38. The molecule has 1 aromatic heterocycles. The van der Waals surface area contributed by atoms with Gasteiger partial charge in [0.05, 0.1) is 0 Å². The Morgan fingerprint density at radius 2 is 2.64 bits per heavy atom. The molecule has 60 valence electrons. The predicted octanol–water partition coefficient (Wildman–Crippen LogP) is 1.52. The molecule has 0 saturated carbocycles. The molecule has 0 radical (unpaired) electrons. The van der Waals surface area contributed by atoms with Gasteiger partial charge in [-0.05, 0) is 6.42 Å². The Hall–Kier alpha value is -0.900. The van der Waals surface area contributed by atoms with E-state index < -0.39 is 0 Å². The SMILES string of the molecule is CCCN(C=O)c1nccs1. The monoisotopic (exact) mass is 170 g/mol. The van der Waals surface area contributed by atoms with Crippen LogP contribution in [-0.2, 0) is 4.79 Å². The van der Waals surface area contributed by atoms with Crippen molar-refractivity contribution in [3.8, 4) is 0 Å². The number of rotatable bonds is 4. The number of thiazole rings is 1. The second kappa shape index (κ2) is 4.08. The van der Waals surface area contributed by atoms with Crippen LogP contribution in [-0.4, -0.2) is 17.9 Å². The maximum absolute atomic E-state index is 10.5. The Morgan fingerprint density at radius 3 is 3.09 bits per heavy atom. The lowest BCUT2D eigenvalue weighted by Crippen LogP contribution is -2.21. The van der Waals surface area contributed by atoms with E-state index in [-0.39, 0.29) is 0 Å². The van der Waals surface area contributed by atoms with E-state index in [1.54, 1.807) is 11.1 Å². The summed E-state index contributed by atoms with van der Waals surface area (Å²) in [6, 6.07) is 0. The van der Waals surface area contributed by atoms with Crippen LogP contribution < -0.4 is 4.90 Å². The van der Waals surface area contributed by atoms with E-state index in [2.05, 4.69) is 4.98 Å². The van der Waals surface area contributed by atoms with Crippen LogP contribution in [0.4, 0.5) is 5.13 Å². The zero-order valence-corrected chi connectivity index (χ0v) is 7.17. The van der Waals surface area contributed by atoms with Gasteiger partial charge in [-0.15, -0.1) is 11.3 Å². The lowest BCUT2D eigenvalue weighted by atomic mass is 10.5. The molecule has 1 heterocycles. The van der Waals surface area contributed by atoms with Gasteiger partial charge in [-0.2, -0.15) is 0 Å². The predicted molar refractivity (Wildman–Crippen MR) is 45.8 cm³/mol. The van der Waals surface area contributed by atoms with Crippen LogP contribution in [0.15, 0.2) is 11.6 Å². The average Bonchev–Trinajstić information content (AvgIpc) is 2.52. The van der Waals surface area contributed by atoms with Gasteiger partial charge < -0.3 is 0 Å². The van der Waals surface area contributed by atoms with E-state index in [1.807, 2.05) is 12.3 Å². The fraction of sp³-hybridized carbons (Fsp3) is 0.429. The van der Waals surface area contributed by atoms with Crippen LogP contribution in [0, 0.1) is 0 Å². The van der Waals surface area contributed by atoms with Crippen LogP contribution >= 0.6 is 11.3 Å². The lowest BCUT2D eigenvalue weighted by Gasteiger charge is -2.10. The molecule has 0 saturated heterocycles. The van der Waals surface area contributed by atoms with Crippen LogP contribution in [0.2, 0.25) is 0 Å². The maximum Gasteiger partial charge on any atom is 0.215 e. The van der Waals surface area contributed by atoms with E-state index in [0.29, 0.717) is 0 Å². The van der Waals surface area contributed by atoms with Crippen molar-refractivity contribution in [2.24, 2.45) is 0 Å². The maximum atomic E-state index is 10.5. The molecule has 0 aliphatic heterocycles. The van der Waals surface area contributed by atoms with E-state index >= 15 is 0 Å². The van der Waals surface area contributed by atoms with Gasteiger partial charge in [-0.1, -0.05) is 6.92 Å².